The van der Waals surface area contributed by atoms with E-state index >= 15 is 0 Å². The molecule has 0 bridgehead atoms. The topological polar surface area (TPSA) is 88.4 Å². The summed E-state index contributed by atoms with van der Waals surface area (Å²) >= 11 is 10.3. The van der Waals surface area contributed by atoms with E-state index in [1.807, 2.05) is 42.5 Å². The highest BCUT2D eigenvalue weighted by atomic mass is 127. The Kier molecular flexibility index (Phi) is 9.32. The number of methoxy groups -OCH3 is 1. The van der Waals surface area contributed by atoms with Gasteiger partial charge in [-0.15, -0.1) is 0 Å². The largest absolute Gasteiger partial charge is 0.487 e. The standard InChI is InChI=1S/C25H17ClI2N2O4/c1-33-25(32)17-4-8-20(9-5-17)30-24(31)18(13-29)10-16-11-21(27)23(22(28)12-16)34-14-15-2-6-19(26)7-3-15/h2-12H,14H2,1H3,(H,30,31)/b18-10+. The van der Waals surface area contributed by atoms with E-state index in [0.29, 0.717) is 28.4 Å². The number of carbonyl (C=O) groups excluding carboxylic acids is 2. The van der Waals surface area contributed by atoms with Gasteiger partial charge >= 0.3 is 5.97 Å². The number of rotatable bonds is 7. The molecule has 3 aromatic rings. The molecule has 0 aliphatic rings. The van der Waals surface area contributed by atoms with E-state index < -0.39 is 11.9 Å². The minimum absolute atomic E-state index is 0.0570. The molecule has 0 heterocycles. The van der Waals surface area contributed by atoms with Crippen LogP contribution >= 0.6 is 56.8 Å². The summed E-state index contributed by atoms with van der Waals surface area (Å²) in [5.41, 5.74) is 2.44. The van der Waals surface area contributed by atoms with Gasteiger partial charge in [0.15, 0.2) is 0 Å². The fourth-order valence-corrected chi connectivity index (χ4v) is 5.11. The summed E-state index contributed by atoms with van der Waals surface area (Å²) in [6.45, 7) is 0.388. The second-order valence-corrected chi connectivity index (χ2v) is 9.68. The van der Waals surface area contributed by atoms with Crippen LogP contribution in [0.1, 0.15) is 21.5 Å². The molecule has 0 atom stereocenters. The van der Waals surface area contributed by atoms with Crippen molar-refractivity contribution in [3.63, 3.8) is 0 Å². The fourth-order valence-electron chi connectivity index (χ4n) is 2.86. The molecule has 3 aromatic carbocycles. The molecule has 3 rings (SSSR count). The number of benzene rings is 3. The third-order valence-corrected chi connectivity index (χ3v) is 6.41. The van der Waals surface area contributed by atoms with Gasteiger partial charge < -0.3 is 14.8 Å². The second-order valence-electron chi connectivity index (χ2n) is 6.92. The maximum Gasteiger partial charge on any atom is 0.337 e. The number of hydrogen-bond acceptors (Lipinski definition) is 5. The van der Waals surface area contributed by atoms with Crippen LogP contribution in [0.5, 0.6) is 5.75 Å². The Labute approximate surface area is 229 Å². The van der Waals surface area contributed by atoms with Crippen molar-refractivity contribution in [2.75, 3.05) is 12.4 Å². The number of carbonyl (C=O) groups is 2. The van der Waals surface area contributed by atoms with Gasteiger partial charge in [-0.05, 0) is 111 Å². The fraction of sp³-hybridized carbons (Fsp3) is 0.0800. The first-order valence-corrected chi connectivity index (χ1v) is 12.3. The van der Waals surface area contributed by atoms with Crippen molar-refractivity contribution in [3.8, 4) is 11.8 Å². The predicted molar refractivity (Wildman–Crippen MR) is 148 cm³/mol. The minimum Gasteiger partial charge on any atom is -0.487 e. The van der Waals surface area contributed by atoms with E-state index in [1.165, 1.54) is 25.3 Å². The van der Waals surface area contributed by atoms with Crippen molar-refractivity contribution >= 4 is 80.4 Å². The van der Waals surface area contributed by atoms with Crippen molar-refractivity contribution < 1.29 is 19.1 Å². The first-order valence-electron chi connectivity index (χ1n) is 9.78. The molecule has 0 saturated heterocycles. The van der Waals surface area contributed by atoms with Crippen molar-refractivity contribution in [1.82, 2.24) is 0 Å². The summed E-state index contributed by atoms with van der Waals surface area (Å²) in [6, 6.07) is 19.3. The molecule has 34 heavy (non-hydrogen) atoms. The average Bonchev–Trinajstić information content (AvgIpc) is 2.83. The van der Waals surface area contributed by atoms with Crippen molar-refractivity contribution in [3.05, 3.63) is 95.1 Å². The molecule has 0 aliphatic heterocycles. The molecule has 0 saturated carbocycles. The monoisotopic (exact) mass is 698 g/mol. The van der Waals surface area contributed by atoms with Crippen LogP contribution in [0.4, 0.5) is 5.69 Å². The Morgan fingerprint density at radius 2 is 1.68 bits per heavy atom. The highest BCUT2D eigenvalue weighted by molar-refractivity contribution is 14.1. The number of esters is 1. The van der Waals surface area contributed by atoms with Crippen LogP contribution in [-0.2, 0) is 16.1 Å². The molecular weight excluding hydrogens is 682 g/mol. The van der Waals surface area contributed by atoms with E-state index in [0.717, 1.165) is 18.5 Å². The molecule has 0 fully saturated rings. The molecule has 172 valence electrons. The summed E-state index contributed by atoms with van der Waals surface area (Å²) in [5.74, 6) is -0.302. The summed E-state index contributed by atoms with van der Waals surface area (Å²) in [4.78, 5) is 24.1. The Hall–Kier alpha value is -2.62. The number of amides is 1. The van der Waals surface area contributed by atoms with Gasteiger partial charge in [0, 0.05) is 10.7 Å². The Morgan fingerprint density at radius 3 is 2.24 bits per heavy atom. The molecule has 0 radical (unpaired) electrons. The van der Waals surface area contributed by atoms with E-state index in [9.17, 15) is 14.9 Å². The molecule has 1 amide bonds. The third-order valence-electron chi connectivity index (χ3n) is 4.56. The van der Waals surface area contributed by atoms with Crippen molar-refractivity contribution in [2.45, 2.75) is 6.61 Å². The number of hydrogen-bond donors (Lipinski definition) is 1. The van der Waals surface area contributed by atoms with Crippen LogP contribution in [0.25, 0.3) is 6.08 Å². The first-order chi connectivity index (χ1) is 16.3. The molecule has 6 nitrogen and oxygen atoms in total. The van der Waals surface area contributed by atoms with Gasteiger partial charge in [0.1, 0.15) is 24.0 Å². The molecule has 9 heteroatoms. The van der Waals surface area contributed by atoms with E-state index in [1.54, 1.807) is 12.1 Å². The summed E-state index contributed by atoms with van der Waals surface area (Å²) in [5, 5.41) is 12.9. The number of halogens is 3. The highest BCUT2D eigenvalue weighted by Gasteiger charge is 2.13. The molecule has 0 aliphatic carbocycles. The van der Waals surface area contributed by atoms with Crippen LogP contribution in [0.3, 0.4) is 0 Å². The average molecular weight is 699 g/mol. The number of ether oxygens (including phenoxy) is 2. The van der Waals surface area contributed by atoms with Gasteiger partial charge in [0.25, 0.3) is 5.91 Å². The number of anilines is 1. The molecule has 0 spiro atoms. The minimum atomic E-state index is -0.554. The third kappa shape index (κ3) is 6.94. The zero-order valence-electron chi connectivity index (χ0n) is 17.8. The normalized spacial score (nSPS) is 10.9. The quantitative estimate of drug-likeness (QED) is 0.133. The molecule has 0 unspecified atom stereocenters. The van der Waals surface area contributed by atoms with Gasteiger partial charge in [-0.1, -0.05) is 23.7 Å². The van der Waals surface area contributed by atoms with Crippen LogP contribution in [-0.4, -0.2) is 19.0 Å². The molecule has 0 aromatic heterocycles. The lowest BCUT2D eigenvalue weighted by molar-refractivity contribution is -0.112. The van der Waals surface area contributed by atoms with Gasteiger partial charge in [0.05, 0.1) is 19.8 Å². The highest BCUT2D eigenvalue weighted by Crippen LogP contribution is 2.30. The van der Waals surface area contributed by atoms with Crippen LogP contribution in [0, 0.1) is 18.5 Å². The number of nitriles is 1. The maximum absolute atomic E-state index is 12.6. The summed E-state index contributed by atoms with van der Waals surface area (Å²) < 4.78 is 12.3. The lowest BCUT2D eigenvalue weighted by atomic mass is 10.1. The van der Waals surface area contributed by atoms with E-state index in [2.05, 4.69) is 55.2 Å². The maximum atomic E-state index is 12.6. The summed E-state index contributed by atoms with van der Waals surface area (Å²) in [6.07, 6.45) is 1.52. The van der Waals surface area contributed by atoms with Crippen LogP contribution < -0.4 is 10.1 Å². The number of nitrogens with zero attached hydrogens (tertiary/aromatic N) is 1. The summed E-state index contributed by atoms with van der Waals surface area (Å²) in [7, 11) is 1.29. The molecular formula is C25H17ClI2N2O4. The van der Waals surface area contributed by atoms with Gasteiger partial charge in [-0.25, -0.2) is 4.79 Å². The van der Waals surface area contributed by atoms with Crippen LogP contribution in [0.2, 0.25) is 5.02 Å². The Bertz CT molecular complexity index is 1260. The Balaban J connectivity index is 1.73. The van der Waals surface area contributed by atoms with Gasteiger partial charge in [0.2, 0.25) is 0 Å². The smallest absolute Gasteiger partial charge is 0.337 e. The zero-order valence-corrected chi connectivity index (χ0v) is 22.8. The lowest BCUT2D eigenvalue weighted by Gasteiger charge is -2.12. The predicted octanol–water partition coefficient (Wildman–Crippen LogP) is 6.46. The van der Waals surface area contributed by atoms with Crippen LogP contribution in [0.15, 0.2) is 66.2 Å². The van der Waals surface area contributed by atoms with E-state index in [4.69, 9.17) is 16.3 Å². The van der Waals surface area contributed by atoms with Gasteiger partial charge in [-0.2, -0.15) is 5.26 Å². The van der Waals surface area contributed by atoms with E-state index in [-0.39, 0.29) is 5.57 Å². The SMILES string of the molecule is COC(=O)c1ccc(NC(=O)/C(C#N)=C/c2cc(I)c(OCc3ccc(Cl)cc3)c(I)c2)cc1. The zero-order chi connectivity index (χ0) is 24.7. The lowest BCUT2D eigenvalue weighted by Crippen LogP contribution is -2.13. The van der Waals surface area contributed by atoms with Gasteiger partial charge in [-0.3, -0.25) is 4.79 Å². The number of nitrogens with one attached hydrogen (secondary N) is 1. The second kappa shape index (κ2) is 12.2. The van der Waals surface area contributed by atoms with Crippen molar-refractivity contribution in [1.29, 1.82) is 5.26 Å². The first kappa shape index (κ1) is 26.0. The Morgan fingerprint density at radius 1 is 1.06 bits per heavy atom. The molecule has 1 N–H and O–H groups in total. The van der Waals surface area contributed by atoms with Crippen molar-refractivity contribution in [2.24, 2.45) is 0 Å².